The van der Waals surface area contributed by atoms with Crippen molar-refractivity contribution < 1.29 is 9.53 Å². The monoisotopic (exact) mass is 358 g/mol. The number of allylic oxidation sites excluding steroid dienone is 9. The third kappa shape index (κ3) is 10.2. The molecule has 0 fully saturated rings. The molecular weight excluding hydrogens is 320 g/mol. The van der Waals surface area contributed by atoms with Crippen molar-refractivity contribution in [1.29, 1.82) is 0 Å². The molecule has 0 heterocycles. The maximum Gasteiger partial charge on any atom is 0.331 e. The van der Waals surface area contributed by atoms with Gasteiger partial charge in [0.15, 0.2) is 0 Å². The Balaban J connectivity index is 0.00000301. The molecule has 0 radical (unpaired) electrons. The summed E-state index contributed by atoms with van der Waals surface area (Å²) in [5.74, 6) is 0.372. The van der Waals surface area contributed by atoms with Gasteiger partial charge in [0.2, 0.25) is 0 Å². The van der Waals surface area contributed by atoms with Gasteiger partial charge in [-0.05, 0) is 70.9 Å². The Morgan fingerprint density at radius 3 is 2.38 bits per heavy atom. The lowest BCUT2D eigenvalue weighted by Gasteiger charge is -2.22. The van der Waals surface area contributed by atoms with E-state index < -0.39 is 0 Å². The summed E-state index contributed by atoms with van der Waals surface area (Å²) in [4.78, 5) is 11.5. The van der Waals surface area contributed by atoms with Crippen LogP contribution in [0.5, 0.6) is 0 Å². The van der Waals surface area contributed by atoms with Gasteiger partial charge in [-0.3, -0.25) is 0 Å². The first-order chi connectivity index (χ1) is 12.3. The van der Waals surface area contributed by atoms with E-state index in [9.17, 15) is 4.79 Å². The quantitative estimate of drug-likeness (QED) is 0.287. The minimum Gasteiger partial charge on any atom is -0.460 e. The Kier molecular flexibility index (Phi) is 12.4. The smallest absolute Gasteiger partial charge is 0.331 e. The molecule has 0 aromatic rings. The number of hydrogen-bond donors (Lipinski definition) is 0. The van der Waals surface area contributed by atoms with Gasteiger partial charge in [-0.1, -0.05) is 62.3 Å². The van der Waals surface area contributed by atoms with Crippen molar-refractivity contribution in [3.63, 3.8) is 0 Å². The minimum absolute atomic E-state index is 0.0854. The summed E-state index contributed by atoms with van der Waals surface area (Å²) in [7, 11) is 0. The summed E-state index contributed by atoms with van der Waals surface area (Å²) in [5.41, 5.74) is 5.09. The molecule has 0 aromatic carbocycles. The third-order valence-corrected chi connectivity index (χ3v) is 4.15. The first-order valence-electron chi connectivity index (χ1n) is 9.91. The van der Waals surface area contributed by atoms with Crippen LogP contribution in [0.1, 0.15) is 74.7 Å². The number of rotatable bonds is 6. The lowest BCUT2D eigenvalue weighted by atomic mass is 9.84. The van der Waals surface area contributed by atoms with Crippen molar-refractivity contribution in [2.75, 3.05) is 0 Å². The van der Waals surface area contributed by atoms with E-state index in [-0.39, 0.29) is 12.1 Å². The summed E-state index contributed by atoms with van der Waals surface area (Å²) >= 11 is 0. The van der Waals surface area contributed by atoms with Crippen LogP contribution in [0, 0.1) is 5.92 Å². The topological polar surface area (TPSA) is 26.3 Å². The van der Waals surface area contributed by atoms with E-state index in [1.807, 2.05) is 46.8 Å². The lowest BCUT2D eigenvalue weighted by Crippen LogP contribution is -2.08. The fourth-order valence-electron chi connectivity index (χ4n) is 2.83. The normalized spacial score (nSPS) is 19.2. The average molecular weight is 359 g/mol. The zero-order valence-corrected chi connectivity index (χ0v) is 18.1. The van der Waals surface area contributed by atoms with Crippen LogP contribution < -0.4 is 0 Å². The Bertz CT molecular complexity index is 583. The molecule has 1 unspecified atom stereocenters. The van der Waals surface area contributed by atoms with Gasteiger partial charge < -0.3 is 4.74 Å². The van der Waals surface area contributed by atoms with Crippen LogP contribution in [0.2, 0.25) is 0 Å². The molecule has 26 heavy (non-hydrogen) atoms. The van der Waals surface area contributed by atoms with Crippen molar-refractivity contribution in [2.24, 2.45) is 5.92 Å². The van der Waals surface area contributed by atoms with Crippen LogP contribution in [-0.4, -0.2) is 12.1 Å². The Hall–Kier alpha value is -1.83. The van der Waals surface area contributed by atoms with Gasteiger partial charge in [0, 0.05) is 6.08 Å². The Morgan fingerprint density at radius 2 is 1.81 bits per heavy atom. The predicted octanol–water partition coefficient (Wildman–Crippen LogP) is 7.11. The summed E-state index contributed by atoms with van der Waals surface area (Å²) in [6.07, 6.45) is 15.7. The van der Waals surface area contributed by atoms with Crippen molar-refractivity contribution in [1.82, 2.24) is 0 Å². The van der Waals surface area contributed by atoms with Crippen molar-refractivity contribution in [3.8, 4) is 0 Å². The van der Waals surface area contributed by atoms with Crippen LogP contribution >= 0.6 is 0 Å². The van der Waals surface area contributed by atoms with Crippen LogP contribution in [-0.2, 0) is 9.53 Å². The van der Waals surface area contributed by atoms with Gasteiger partial charge >= 0.3 is 5.97 Å². The Morgan fingerprint density at radius 1 is 1.15 bits per heavy atom. The first kappa shape index (κ1) is 24.2. The molecule has 2 heteroatoms. The number of ether oxygens (including phenoxy) is 1. The van der Waals surface area contributed by atoms with Gasteiger partial charge in [-0.25, -0.2) is 4.79 Å². The highest BCUT2D eigenvalue weighted by molar-refractivity contribution is 5.83. The van der Waals surface area contributed by atoms with E-state index in [0.717, 1.165) is 5.57 Å². The molecule has 146 valence electrons. The molecule has 2 nitrogen and oxygen atoms in total. The number of esters is 1. The molecule has 1 atom stereocenters. The van der Waals surface area contributed by atoms with Gasteiger partial charge in [0.25, 0.3) is 0 Å². The second-order valence-corrected chi connectivity index (χ2v) is 7.01. The highest BCUT2D eigenvalue weighted by atomic mass is 16.5. The van der Waals surface area contributed by atoms with Crippen LogP contribution in [0.25, 0.3) is 0 Å². The van der Waals surface area contributed by atoms with Gasteiger partial charge in [0.1, 0.15) is 0 Å². The predicted molar refractivity (Wildman–Crippen MR) is 114 cm³/mol. The van der Waals surface area contributed by atoms with Crippen LogP contribution in [0.3, 0.4) is 0 Å². The maximum absolute atomic E-state index is 11.5. The van der Waals surface area contributed by atoms with Crippen molar-refractivity contribution in [2.45, 2.75) is 80.8 Å². The maximum atomic E-state index is 11.5. The molecule has 0 aromatic heterocycles. The summed E-state index contributed by atoms with van der Waals surface area (Å²) < 4.78 is 5.09. The Labute approximate surface area is 161 Å². The second-order valence-electron chi connectivity index (χ2n) is 7.01. The van der Waals surface area contributed by atoms with E-state index >= 15 is 0 Å². The van der Waals surface area contributed by atoms with Gasteiger partial charge in [0.05, 0.1) is 6.10 Å². The highest BCUT2D eigenvalue weighted by Gasteiger charge is 2.14. The van der Waals surface area contributed by atoms with Crippen LogP contribution in [0.4, 0.5) is 0 Å². The molecule has 0 aliphatic heterocycles. The number of carbonyl (C=O) groups is 1. The lowest BCUT2D eigenvalue weighted by molar-refractivity contribution is -0.141. The van der Waals surface area contributed by atoms with E-state index in [0.29, 0.717) is 5.92 Å². The van der Waals surface area contributed by atoms with E-state index in [2.05, 4.69) is 39.0 Å². The van der Waals surface area contributed by atoms with Crippen molar-refractivity contribution >= 4 is 5.97 Å². The number of carbonyl (C=O) groups excluding carboxylic acids is 1. The average Bonchev–Trinajstić information content (AvgIpc) is 2.55. The first-order valence-corrected chi connectivity index (χ1v) is 9.91. The van der Waals surface area contributed by atoms with E-state index in [1.54, 1.807) is 0 Å². The summed E-state index contributed by atoms with van der Waals surface area (Å²) in [5, 5.41) is 0. The zero-order chi connectivity index (χ0) is 20.1. The fourth-order valence-corrected chi connectivity index (χ4v) is 2.83. The largest absolute Gasteiger partial charge is 0.460 e. The van der Waals surface area contributed by atoms with Gasteiger partial charge in [-0.15, -0.1) is 0 Å². The highest BCUT2D eigenvalue weighted by Crippen LogP contribution is 2.30. The molecule has 0 spiro atoms. The molecule has 0 saturated carbocycles. The number of hydrogen-bond acceptors (Lipinski definition) is 2. The molecule has 1 aliphatic carbocycles. The summed E-state index contributed by atoms with van der Waals surface area (Å²) in [6.45, 7) is 16.2. The second kappa shape index (κ2) is 13.4. The zero-order valence-electron chi connectivity index (χ0n) is 18.1. The van der Waals surface area contributed by atoms with Crippen molar-refractivity contribution in [3.05, 3.63) is 58.7 Å². The van der Waals surface area contributed by atoms with Gasteiger partial charge in [-0.2, -0.15) is 0 Å². The van der Waals surface area contributed by atoms with Crippen LogP contribution in [0.15, 0.2) is 58.7 Å². The summed E-state index contributed by atoms with van der Waals surface area (Å²) in [6, 6.07) is 0. The minimum atomic E-state index is -0.290. The molecule has 0 saturated heterocycles. The van der Waals surface area contributed by atoms with E-state index in [1.165, 1.54) is 42.1 Å². The molecular formula is C24H38O2. The molecule has 0 amide bonds. The molecule has 0 bridgehead atoms. The molecule has 0 N–H and O–H groups in total. The molecule has 1 rings (SSSR count). The molecule has 1 aliphatic rings. The third-order valence-electron chi connectivity index (χ3n) is 4.15. The van der Waals surface area contributed by atoms with E-state index in [4.69, 9.17) is 4.74 Å². The SMILES string of the molecule is CC.CC1=C(/C=C/C(C)=C/C=C/C(C)=C/C(=O)OC(C)C)C(C)CCC1. The fraction of sp³-hybridized carbons (Fsp3) is 0.542. The standard InChI is InChI=1S/C22H32O2.C2H6/c1-16(2)24-22(23)15-18(4)10-7-9-17(3)13-14-21-19(5)11-8-12-20(21)6;1-2/h7,9-10,13-16,19H,8,11-12H2,1-6H3;1-2H3/b10-7+,14-13+,17-9+,18-15+;.